The first-order valence-corrected chi connectivity index (χ1v) is 11.6. The molecule has 1 aliphatic rings. The summed E-state index contributed by atoms with van der Waals surface area (Å²) in [7, 11) is 0. The molecular formula is C27H47N. The highest BCUT2D eigenvalue weighted by Gasteiger charge is 2.15. The van der Waals surface area contributed by atoms with Crippen molar-refractivity contribution >= 4 is 0 Å². The number of nitrogens with zero attached hydrogens (tertiary/aromatic N) is 1. The molecule has 1 unspecified atom stereocenters. The van der Waals surface area contributed by atoms with Gasteiger partial charge >= 0.3 is 0 Å². The molecule has 0 saturated heterocycles. The minimum absolute atomic E-state index is 1.00. The van der Waals surface area contributed by atoms with Crippen molar-refractivity contribution in [2.45, 2.75) is 94.9 Å². The molecule has 0 radical (unpaired) electrons. The second kappa shape index (κ2) is 18.7. The monoisotopic (exact) mass is 385 g/mol. The average Bonchev–Trinajstić information content (AvgIpc) is 2.76. The Hall–Kier alpha value is -1.63. The van der Waals surface area contributed by atoms with Crippen LogP contribution in [0.25, 0.3) is 11.3 Å². The van der Waals surface area contributed by atoms with Crippen molar-refractivity contribution in [3.8, 4) is 11.3 Å². The third kappa shape index (κ3) is 12.0. The van der Waals surface area contributed by atoms with Crippen LogP contribution in [0, 0.1) is 25.7 Å². The van der Waals surface area contributed by atoms with Gasteiger partial charge in [0.2, 0.25) is 0 Å². The van der Waals surface area contributed by atoms with E-state index in [4.69, 9.17) is 0 Å². The Morgan fingerprint density at radius 2 is 1.07 bits per heavy atom. The van der Waals surface area contributed by atoms with Crippen LogP contribution in [0.4, 0.5) is 0 Å². The number of pyridine rings is 1. The van der Waals surface area contributed by atoms with Crippen molar-refractivity contribution < 1.29 is 0 Å². The zero-order valence-electron chi connectivity index (χ0n) is 20.5. The average molecular weight is 386 g/mol. The number of benzene rings is 1. The Morgan fingerprint density at radius 1 is 0.643 bits per heavy atom. The fraction of sp³-hybridized carbons (Fsp3) is 0.593. The van der Waals surface area contributed by atoms with Crippen LogP contribution in [0.5, 0.6) is 0 Å². The van der Waals surface area contributed by atoms with Gasteiger partial charge in [-0.05, 0) is 37.3 Å². The van der Waals surface area contributed by atoms with Crippen molar-refractivity contribution in [3.05, 3.63) is 53.7 Å². The first-order valence-electron chi connectivity index (χ1n) is 11.6. The predicted octanol–water partition coefficient (Wildman–Crippen LogP) is 9.28. The lowest BCUT2D eigenvalue weighted by atomic mass is 9.82. The Morgan fingerprint density at radius 3 is 1.43 bits per heavy atom. The topological polar surface area (TPSA) is 12.9 Å². The Balaban J connectivity index is 0. The number of rotatable bonds is 1. The maximum Gasteiger partial charge on any atom is 0.0702 e. The van der Waals surface area contributed by atoms with Crippen LogP contribution < -0.4 is 0 Å². The standard InChI is InChI=1S/C13H13N.C8H16.3C2H6/c1-10-3-6-12(7-4-10)13-8-5-11(2)9-14-13;1-7-5-3-4-6-8(7)2;3*1-2/h3-9H,1-2H3;7-8H,3-6H2,1-2H3;3*1-2H3/t;7-,8?;;;/m.0.../s1. The molecular weight excluding hydrogens is 338 g/mol. The fourth-order valence-corrected chi connectivity index (χ4v) is 2.86. The molecule has 2 aromatic rings. The van der Waals surface area contributed by atoms with Crippen molar-refractivity contribution in [2.24, 2.45) is 11.8 Å². The highest BCUT2D eigenvalue weighted by molar-refractivity contribution is 5.59. The number of aromatic nitrogens is 1. The molecule has 1 heteroatoms. The van der Waals surface area contributed by atoms with E-state index in [-0.39, 0.29) is 0 Å². The molecule has 1 aliphatic carbocycles. The maximum atomic E-state index is 4.38. The Bertz CT molecular complexity index is 500. The lowest BCUT2D eigenvalue weighted by Crippen LogP contribution is -2.12. The van der Waals surface area contributed by atoms with Gasteiger partial charge < -0.3 is 0 Å². The maximum absolute atomic E-state index is 4.38. The summed E-state index contributed by atoms with van der Waals surface area (Å²) in [6.07, 6.45) is 7.80. The smallest absolute Gasteiger partial charge is 0.0702 e. The van der Waals surface area contributed by atoms with E-state index in [1.165, 1.54) is 42.4 Å². The Kier molecular flexibility index (Phi) is 19.1. The van der Waals surface area contributed by atoms with Crippen LogP contribution in [-0.4, -0.2) is 4.98 Å². The number of hydrogen-bond donors (Lipinski definition) is 0. The summed E-state index contributed by atoms with van der Waals surface area (Å²) in [4.78, 5) is 4.38. The summed E-state index contributed by atoms with van der Waals surface area (Å²) >= 11 is 0. The highest BCUT2D eigenvalue weighted by Crippen LogP contribution is 2.28. The summed E-state index contributed by atoms with van der Waals surface area (Å²) in [5.74, 6) is 2.01. The van der Waals surface area contributed by atoms with Gasteiger partial charge in [-0.25, -0.2) is 0 Å². The predicted molar refractivity (Wildman–Crippen MR) is 130 cm³/mol. The molecule has 1 saturated carbocycles. The van der Waals surface area contributed by atoms with Crippen LogP contribution in [0.3, 0.4) is 0 Å². The van der Waals surface area contributed by atoms with E-state index in [0.717, 1.165) is 17.5 Å². The molecule has 0 aliphatic heterocycles. The minimum atomic E-state index is 1.00. The molecule has 1 aromatic heterocycles. The summed E-state index contributed by atoms with van der Waals surface area (Å²) in [6, 6.07) is 12.6. The van der Waals surface area contributed by atoms with Gasteiger partial charge in [0.05, 0.1) is 5.69 Å². The summed E-state index contributed by atoms with van der Waals surface area (Å²) < 4.78 is 0. The molecule has 1 aromatic carbocycles. The second-order valence-corrected chi connectivity index (χ2v) is 6.83. The molecule has 0 amide bonds. The van der Waals surface area contributed by atoms with Crippen LogP contribution in [0.2, 0.25) is 0 Å². The molecule has 1 heterocycles. The van der Waals surface area contributed by atoms with E-state index in [1.54, 1.807) is 0 Å². The zero-order valence-corrected chi connectivity index (χ0v) is 20.5. The number of hydrogen-bond acceptors (Lipinski definition) is 1. The first-order chi connectivity index (χ1) is 13.6. The lowest BCUT2D eigenvalue weighted by Gasteiger charge is -2.24. The minimum Gasteiger partial charge on any atom is -0.256 e. The van der Waals surface area contributed by atoms with Gasteiger partial charge in [-0.1, -0.05) is 117 Å². The van der Waals surface area contributed by atoms with Crippen LogP contribution >= 0.6 is 0 Å². The van der Waals surface area contributed by atoms with E-state index in [1.807, 2.05) is 54.7 Å². The molecule has 1 nitrogen and oxygen atoms in total. The molecule has 0 N–H and O–H groups in total. The van der Waals surface area contributed by atoms with Gasteiger partial charge in [-0.3, -0.25) is 4.98 Å². The van der Waals surface area contributed by atoms with Gasteiger partial charge in [-0.15, -0.1) is 0 Å². The van der Waals surface area contributed by atoms with E-state index >= 15 is 0 Å². The molecule has 0 spiro atoms. The van der Waals surface area contributed by atoms with Gasteiger partial charge in [0.15, 0.2) is 0 Å². The van der Waals surface area contributed by atoms with Crippen LogP contribution in [-0.2, 0) is 0 Å². The number of aryl methyl sites for hydroxylation is 2. The largest absolute Gasteiger partial charge is 0.256 e. The van der Waals surface area contributed by atoms with Gasteiger partial charge in [0.1, 0.15) is 0 Å². The molecule has 28 heavy (non-hydrogen) atoms. The third-order valence-corrected chi connectivity index (χ3v) is 4.80. The summed E-state index contributed by atoms with van der Waals surface area (Å²) in [5, 5.41) is 0. The normalized spacial score (nSPS) is 17.1. The first kappa shape index (κ1) is 28.6. The van der Waals surface area contributed by atoms with E-state index in [9.17, 15) is 0 Å². The van der Waals surface area contributed by atoms with E-state index < -0.39 is 0 Å². The second-order valence-electron chi connectivity index (χ2n) is 6.83. The van der Waals surface area contributed by atoms with Crippen LogP contribution in [0.15, 0.2) is 42.6 Å². The van der Waals surface area contributed by atoms with Crippen molar-refractivity contribution in [1.29, 1.82) is 0 Å². The van der Waals surface area contributed by atoms with Gasteiger partial charge in [0.25, 0.3) is 0 Å². The van der Waals surface area contributed by atoms with Crippen molar-refractivity contribution in [3.63, 3.8) is 0 Å². The van der Waals surface area contributed by atoms with Crippen molar-refractivity contribution in [2.75, 3.05) is 0 Å². The fourth-order valence-electron chi connectivity index (χ4n) is 2.86. The quantitative estimate of drug-likeness (QED) is 0.476. The molecule has 0 bridgehead atoms. The third-order valence-electron chi connectivity index (χ3n) is 4.80. The van der Waals surface area contributed by atoms with E-state index in [2.05, 4.69) is 62.2 Å². The molecule has 1 fully saturated rings. The molecule has 2 atom stereocenters. The lowest BCUT2D eigenvalue weighted by molar-refractivity contribution is 0.277. The summed E-state index contributed by atoms with van der Waals surface area (Å²) in [6.45, 7) is 20.9. The SMILES string of the molecule is CC.CC.CC.CC1CCCC[C@@H]1C.Cc1ccc(-c2ccc(C)cn2)cc1. The Labute approximate surface area is 177 Å². The molecule has 160 valence electrons. The molecule has 3 rings (SSSR count). The zero-order chi connectivity index (χ0) is 21.9. The van der Waals surface area contributed by atoms with Crippen LogP contribution in [0.1, 0.15) is 92.2 Å². The summed E-state index contributed by atoms with van der Waals surface area (Å²) in [5.41, 5.74) is 4.69. The van der Waals surface area contributed by atoms with E-state index in [0.29, 0.717) is 0 Å². The highest BCUT2D eigenvalue weighted by atomic mass is 14.7. The van der Waals surface area contributed by atoms with Gasteiger partial charge in [-0.2, -0.15) is 0 Å². The van der Waals surface area contributed by atoms with Gasteiger partial charge in [0, 0.05) is 11.8 Å². The van der Waals surface area contributed by atoms with Crippen molar-refractivity contribution in [1.82, 2.24) is 4.98 Å².